The summed E-state index contributed by atoms with van der Waals surface area (Å²) in [6, 6.07) is 4.87. The lowest BCUT2D eigenvalue weighted by molar-refractivity contribution is 0.102. The first-order valence-corrected chi connectivity index (χ1v) is 10.9. The average molecular weight is 406 g/mol. The SMILES string of the molecule is CCn1cc(C(=O)Nc2cc(S(=O)(=O)N3CCCCC3)ccc2N(C)C)cn1. The molecule has 0 aliphatic carbocycles. The standard InChI is InChI=1S/C19H27N5O3S/c1-4-23-14-15(13-20-23)19(25)21-17-12-16(8-9-18(17)22(2)3)28(26,27)24-10-6-5-7-11-24/h8-9,12-14H,4-7,10-11H2,1-3H3,(H,21,25). The molecule has 1 N–H and O–H groups in total. The maximum Gasteiger partial charge on any atom is 0.258 e. The summed E-state index contributed by atoms with van der Waals surface area (Å²) in [7, 11) is 0.112. The Hall–Kier alpha value is -2.39. The van der Waals surface area contributed by atoms with Gasteiger partial charge in [0.15, 0.2) is 0 Å². The molecule has 1 aromatic carbocycles. The van der Waals surface area contributed by atoms with E-state index in [-0.39, 0.29) is 10.8 Å². The van der Waals surface area contributed by atoms with Crippen molar-refractivity contribution in [2.75, 3.05) is 37.4 Å². The van der Waals surface area contributed by atoms with E-state index < -0.39 is 10.0 Å². The number of hydrogen-bond donors (Lipinski definition) is 1. The average Bonchev–Trinajstić information content (AvgIpc) is 3.18. The van der Waals surface area contributed by atoms with Crippen LogP contribution in [0.2, 0.25) is 0 Å². The summed E-state index contributed by atoms with van der Waals surface area (Å²) in [6.45, 7) is 3.68. The third kappa shape index (κ3) is 4.20. The Bertz CT molecular complexity index is 946. The number of aromatic nitrogens is 2. The number of rotatable bonds is 6. The number of benzene rings is 1. The molecule has 1 saturated heterocycles. The first-order chi connectivity index (χ1) is 13.3. The molecule has 2 heterocycles. The monoisotopic (exact) mass is 405 g/mol. The van der Waals surface area contributed by atoms with Crippen LogP contribution in [0, 0.1) is 0 Å². The van der Waals surface area contributed by atoms with Gasteiger partial charge in [0.05, 0.1) is 28.0 Å². The largest absolute Gasteiger partial charge is 0.376 e. The summed E-state index contributed by atoms with van der Waals surface area (Å²) in [6.07, 6.45) is 5.97. The predicted octanol–water partition coefficient (Wildman–Crippen LogP) is 2.40. The second-order valence-corrected chi connectivity index (χ2v) is 9.01. The van der Waals surface area contributed by atoms with E-state index in [1.807, 2.05) is 25.9 Å². The molecule has 1 aliphatic rings. The molecule has 28 heavy (non-hydrogen) atoms. The molecule has 152 valence electrons. The summed E-state index contributed by atoms with van der Waals surface area (Å²) in [5.41, 5.74) is 1.61. The van der Waals surface area contributed by atoms with Crippen molar-refractivity contribution in [3.8, 4) is 0 Å². The third-order valence-electron chi connectivity index (χ3n) is 4.87. The van der Waals surface area contributed by atoms with Gasteiger partial charge in [0, 0.05) is 39.9 Å². The lowest BCUT2D eigenvalue weighted by Crippen LogP contribution is -2.35. The lowest BCUT2D eigenvalue weighted by Gasteiger charge is -2.26. The van der Waals surface area contributed by atoms with Crippen LogP contribution in [0.15, 0.2) is 35.5 Å². The predicted molar refractivity (Wildman–Crippen MR) is 109 cm³/mol. The fraction of sp³-hybridized carbons (Fsp3) is 0.474. The van der Waals surface area contributed by atoms with Crippen molar-refractivity contribution >= 4 is 27.3 Å². The van der Waals surface area contributed by atoms with Crippen molar-refractivity contribution in [3.05, 3.63) is 36.2 Å². The minimum Gasteiger partial charge on any atom is -0.376 e. The molecule has 0 bridgehead atoms. The molecule has 1 aliphatic heterocycles. The quantitative estimate of drug-likeness (QED) is 0.797. The highest BCUT2D eigenvalue weighted by Crippen LogP contribution is 2.30. The number of piperidine rings is 1. The van der Waals surface area contributed by atoms with Gasteiger partial charge in [-0.1, -0.05) is 6.42 Å². The highest BCUT2D eigenvalue weighted by Gasteiger charge is 2.27. The van der Waals surface area contributed by atoms with E-state index in [0.717, 1.165) is 24.9 Å². The summed E-state index contributed by atoms with van der Waals surface area (Å²) in [5.74, 6) is -0.324. The number of aryl methyl sites for hydroxylation is 1. The molecule has 9 heteroatoms. The number of hydrogen-bond acceptors (Lipinski definition) is 5. The minimum absolute atomic E-state index is 0.194. The van der Waals surface area contributed by atoms with Crippen LogP contribution in [0.4, 0.5) is 11.4 Å². The van der Waals surface area contributed by atoms with E-state index >= 15 is 0 Å². The van der Waals surface area contributed by atoms with Crippen molar-refractivity contribution < 1.29 is 13.2 Å². The number of carbonyl (C=O) groups is 1. The van der Waals surface area contributed by atoms with E-state index in [1.54, 1.807) is 29.1 Å². The molecular formula is C19H27N5O3S. The van der Waals surface area contributed by atoms with Crippen LogP contribution in [-0.4, -0.2) is 55.6 Å². The van der Waals surface area contributed by atoms with Crippen molar-refractivity contribution in [2.45, 2.75) is 37.6 Å². The number of carbonyl (C=O) groups excluding carboxylic acids is 1. The molecule has 2 aromatic rings. The normalized spacial score (nSPS) is 15.4. The fourth-order valence-electron chi connectivity index (χ4n) is 3.27. The maximum absolute atomic E-state index is 13.0. The molecule has 1 amide bonds. The van der Waals surface area contributed by atoms with Gasteiger partial charge >= 0.3 is 0 Å². The fourth-order valence-corrected chi connectivity index (χ4v) is 4.81. The number of nitrogens with one attached hydrogen (secondary N) is 1. The van der Waals surface area contributed by atoms with Crippen molar-refractivity contribution in [2.24, 2.45) is 0 Å². The van der Waals surface area contributed by atoms with E-state index in [1.165, 1.54) is 10.5 Å². The first kappa shape index (κ1) is 20.3. The van der Waals surface area contributed by atoms with Crippen molar-refractivity contribution in [3.63, 3.8) is 0 Å². The van der Waals surface area contributed by atoms with Gasteiger partial charge in [-0.15, -0.1) is 0 Å². The van der Waals surface area contributed by atoms with Crippen LogP contribution >= 0.6 is 0 Å². The van der Waals surface area contributed by atoms with E-state index in [9.17, 15) is 13.2 Å². The van der Waals surface area contributed by atoms with E-state index in [0.29, 0.717) is 30.9 Å². The second kappa shape index (κ2) is 8.32. The molecule has 0 atom stereocenters. The topological polar surface area (TPSA) is 87.5 Å². The molecule has 1 aromatic heterocycles. The Labute approximate surface area is 166 Å². The van der Waals surface area contributed by atoms with Crippen molar-refractivity contribution in [1.82, 2.24) is 14.1 Å². The van der Waals surface area contributed by atoms with Gasteiger partial charge in [-0.25, -0.2) is 8.42 Å². The van der Waals surface area contributed by atoms with Gasteiger partial charge in [0.25, 0.3) is 5.91 Å². The van der Waals surface area contributed by atoms with Crippen LogP contribution in [0.25, 0.3) is 0 Å². The third-order valence-corrected chi connectivity index (χ3v) is 6.76. The summed E-state index contributed by atoms with van der Waals surface area (Å²) < 4.78 is 29.2. The maximum atomic E-state index is 13.0. The molecule has 8 nitrogen and oxygen atoms in total. The molecule has 1 fully saturated rings. The van der Waals surface area contributed by atoms with Gasteiger partial charge < -0.3 is 10.2 Å². The van der Waals surface area contributed by atoms with Gasteiger partial charge in [0.1, 0.15) is 0 Å². The molecule has 0 saturated carbocycles. The number of amides is 1. The first-order valence-electron chi connectivity index (χ1n) is 9.48. The van der Waals surface area contributed by atoms with Crippen LogP contribution in [0.3, 0.4) is 0 Å². The Morgan fingerprint density at radius 1 is 1.21 bits per heavy atom. The Morgan fingerprint density at radius 3 is 2.54 bits per heavy atom. The smallest absolute Gasteiger partial charge is 0.258 e. The molecule has 3 rings (SSSR count). The summed E-state index contributed by atoms with van der Waals surface area (Å²) >= 11 is 0. The summed E-state index contributed by atoms with van der Waals surface area (Å²) in [4.78, 5) is 14.7. The molecule has 0 unspecified atom stereocenters. The Balaban J connectivity index is 1.92. The molecular weight excluding hydrogens is 378 g/mol. The summed E-state index contributed by atoms with van der Waals surface area (Å²) in [5, 5.41) is 6.96. The Morgan fingerprint density at radius 2 is 1.93 bits per heavy atom. The Kier molecular flexibility index (Phi) is 6.04. The van der Waals surface area contributed by atoms with Crippen molar-refractivity contribution in [1.29, 1.82) is 0 Å². The highest BCUT2D eigenvalue weighted by atomic mass is 32.2. The van der Waals surface area contributed by atoms with Crippen LogP contribution < -0.4 is 10.2 Å². The minimum atomic E-state index is -3.58. The molecule has 0 radical (unpaired) electrons. The van der Waals surface area contributed by atoms with Gasteiger partial charge in [0.2, 0.25) is 10.0 Å². The zero-order valence-corrected chi connectivity index (χ0v) is 17.4. The van der Waals surface area contributed by atoms with E-state index in [2.05, 4.69) is 10.4 Å². The van der Waals surface area contributed by atoms with Gasteiger partial charge in [-0.05, 0) is 38.0 Å². The van der Waals surface area contributed by atoms with Gasteiger partial charge in [-0.3, -0.25) is 9.48 Å². The number of sulfonamides is 1. The van der Waals surface area contributed by atoms with Crippen LogP contribution in [0.1, 0.15) is 36.5 Å². The highest BCUT2D eigenvalue weighted by molar-refractivity contribution is 7.89. The van der Waals surface area contributed by atoms with Crippen LogP contribution in [0.5, 0.6) is 0 Å². The van der Waals surface area contributed by atoms with Gasteiger partial charge in [-0.2, -0.15) is 9.40 Å². The zero-order valence-electron chi connectivity index (χ0n) is 16.6. The number of nitrogens with zero attached hydrogens (tertiary/aromatic N) is 4. The van der Waals surface area contributed by atoms with Crippen LogP contribution in [-0.2, 0) is 16.6 Å². The number of anilines is 2. The zero-order chi connectivity index (χ0) is 20.3. The molecule has 0 spiro atoms. The second-order valence-electron chi connectivity index (χ2n) is 7.08. The van der Waals surface area contributed by atoms with E-state index in [4.69, 9.17) is 0 Å². The lowest BCUT2D eigenvalue weighted by atomic mass is 10.2.